The first-order chi connectivity index (χ1) is 11.5. The number of nitrogens with one attached hydrogen (secondary N) is 2. The quantitative estimate of drug-likeness (QED) is 0.398. The Morgan fingerprint density at radius 2 is 1.72 bits per heavy atom. The molecule has 7 nitrogen and oxygen atoms in total. The van der Waals surface area contributed by atoms with E-state index in [1.807, 2.05) is 18.5 Å². The summed E-state index contributed by atoms with van der Waals surface area (Å²) in [5.41, 5.74) is 0. The van der Waals surface area contributed by atoms with Gasteiger partial charge in [0, 0.05) is 38.3 Å². The van der Waals surface area contributed by atoms with Crippen molar-refractivity contribution in [3.63, 3.8) is 0 Å². The second kappa shape index (κ2) is 9.16. The zero-order chi connectivity index (χ0) is 17.1. The van der Waals surface area contributed by atoms with Crippen LogP contribution < -0.4 is 10.6 Å². The summed E-state index contributed by atoms with van der Waals surface area (Å²) in [4.78, 5) is 7.30. The van der Waals surface area contributed by atoms with Gasteiger partial charge >= 0.3 is 0 Å². The van der Waals surface area contributed by atoms with Gasteiger partial charge < -0.3 is 20.1 Å². The van der Waals surface area contributed by atoms with E-state index in [4.69, 9.17) is 4.99 Å². The van der Waals surface area contributed by atoms with Crippen molar-refractivity contribution in [2.75, 3.05) is 13.1 Å². The Morgan fingerprint density at radius 3 is 2.20 bits per heavy atom. The van der Waals surface area contributed by atoms with Crippen LogP contribution in [0.3, 0.4) is 0 Å². The van der Waals surface area contributed by atoms with Crippen LogP contribution in [0.1, 0.15) is 51.2 Å². The molecule has 1 aliphatic heterocycles. The fourth-order valence-electron chi connectivity index (χ4n) is 3.05. The predicted octanol–water partition coefficient (Wildman–Crippen LogP) is 1.81. The molecule has 2 fully saturated rings. The number of piperidine rings is 1. The van der Waals surface area contributed by atoms with E-state index in [9.17, 15) is 0 Å². The molecular weight excluding hydrogens is 429 g/mol. The molecule has 1 aliphatic carbocycles. The van der Waals surface area contributed by atoms with Crippen molar-refractivity contribution in [1.29, 1.82) is 0 Å². The lowest BCUT2D eigenvalue weighted by Crippen LogP contribution is -2.50. The van der Waals surface area contributed by atoms with Crippen molar-refractivity contribution in [3.8, 4) is 0 Å². The van der Waals surface area contributed by atoms with Crippen molar-refractivity contribution in [2.45, 2.75) is 71.1 Å². The number of aryl methyl sites for hydroxylation is 1. The number of hydrogen-bond acceptors (Lipinski definition) is 4. The van der Waals surface area contributed by atoms with Gasteiger partial charge in [0.05, 0.1) is 0 Å². The van der Waals surface area contributed by atoms with Gasteiger partial charge in [-0.2, -0.15) is 0 Å². The fourth-order valence-corrected chi connectivity index (χ4v) is 3.05. The molecule has 3 rings (SSSR count). The van der Waals surface area contributed by atoms with Crippen LogP contribution in [0, 0.1) is 6.92 Å². The molecule has 0 radical (unpaired) electrons. The number of aromatic nitrogens is 3. The molecule has 25 heavy (non-hydrogen) atoms. The highest BCUT2D eigenvalue weighted by Gasteiger charge is 2.25. The van der Waals surface area contributed by atoms with E-state index in [1.54, 1.807) is 0 Å². The molecule has 1 saturated carbocycles. The number of aliphatic imine (C=N–C) groups is 1. The summed E-state index contributed by atoms with van der Waals surface area (Å²) in [6.07, 6.45) is 4.84. The average Bonchev–Trinajstić information content (AvgIpc) is 3.32. The lowest BCUT2D eigenvalue weighted by Gasteiger charge is -2.35. The zero-order valence-electron chi connectivity index (χ0n) is 15.8. The normalized spacial score (nSPS) is 19.8. The number of rotatable bonds is 5. The number of halogens is 1. The molecule has 1 aromatic heterocycles. The molecule has 0 bridgehead atoms. The van der Waals surface area contributed by atoms with E-state index in [0.717, 1.165) is 30.7 Å². The fraction of sp³-hybridized carbons (Fsp3) is 0.824. The molecule has 2 aliphatic rings. The Balaban J connectivity index is 0.00000225. The molecule has 1 saturated heterocycles. The van der Waals surface area contributed by atoms with Gasteiger partial charge in [-0.15, -0.1) is 34.2 Å². The maximum absolute atomic E-state index is 4.75. The number of nitrogens with zero attached hydrogens (tertiary/aromatic N) is 5. The van der Waals surface area contributed by atoms with Crippen molar-refractivity contribution in [2.24, 2.45) is 12.0 Å². The third-order valence-corrected chi connectivity index (χ3v) is 5.08. The van der Waals surface area contributed by atoms with Gasteiger partial charge in [0.25, 0.3) is 0 Å². The Morgan fingerprint density at radius 1 is 1.12 bits per heavy atom. The highest BCUT2D eigenvalue weighted by molar-refractivity contribution is 14.0. The number of guanidine groups is 1. The summed E-state index contributed by atoms with van der Waals surface area (Å²) in [6, 6.07) is 1.74. The topological polar surface area (TPSA) is 70.4 Å². The smallest absolute Gasteiger partial charge is 0.192 e. The molecule has 0 amide bonds. The zero-order valence-corrected chi connectivity index (χ0v) is 18.2. The monoisotopic (exact) mass is 461 g/mol. The number of likely N-dealkylation sites (tertiary alicyclic amines) is 1. The van der Waals surface area contributed by atoms with Gasteiger partial charge in [-0.25, -0.2) is 4.99 Å². The molecule has 1 aromatic rings. The maximum Gasteiger partial charge on any atom is 0.192 e. The minimum Gasteiger partial charge on any atom is -0.354 e. The van der Waals surface area contributed by atoms with Crippen LogP contribution in [0.4, 0.5) is 0 Å². The van der Waals surface area contributed by atoms with Crippen molar-refractivity contribution in [3.05, 3.63) is 11.6 Å². The molecule has 2 heterocycles. The second-order valence-corrected chi connectivity index (χ2v) is 7.35. The van der Waals surface area contributed by atoms with Gasteiger partial charge in [0.1, 0.15) is 12.4 Å². The molecule has 8 heteroatoms. The van der Waals surface area contributed by atoms with E-state index in [2.05, 4.69) is 39.6 Å². The van der Waals surface area contributed by atoms with Gasteiger partial charge in [-0.1, -0.05) is 0 Å². The number of hydrogen-bond donors (Lipinski definition) is 2. The predicted molar refractivity (Wildman–Crippen MR) is 111 cm³/mol. The van der Waals surface area contributed by atoms with Crippen LogP contribution >= 0.6 is 24.0 Å². The molecule has 142 valence electrons. The largest absolute Gasteiger partial charge is 0.354 e. The Bertz CT molecular complexity index is 572. The third-order valence-electron chi connectivity index (χ3n) is 5.08. The van der Waals surface area contributed by atoms with Crippen LogP contribution in [0.15, 0.2) is 4.99 Å². The van der Waals surface area contributed by atoms with E-state index in [0.29, 0.717) is 24.7 Å². The first-order valence-electron chi connectivity index (χ1n) is 9.19. The third kappa shape index (κ3) is 5.80. The molecule has 0 spiro atoms. The highest BCUT2D eigenvalue weighted by atomic mass is 127. The van der Waals surface area contributed by atoms with E-state index >= 15 is 0 Å². The van der Waals surface area contributed by atoms with Crippen LogP contribution in [0.5, 0.6) is 0 Å². The average molecular weight is 461 g/mol. The summed E-state index contributed by atoms with van der Waals surface area (Å²) in [5.74, 6) is 2.76. The second-order valence-electron chi connectivity index (χ2n) is 7.35. The van der Waals surface area contributed by atoms with Crippen LogP contribution in [0.2, 0.25) is 0 Å². The Kier molecular flexibility index (Phi) is 7.48. The van der Waals surface area contributed by atoms with Crippen molar-refractivity contribution < 1.29 is 0 Å². The molecule has 2 N–H and O–H groups in total. The van der Waals surface area contributed by atoms with Crippen molar-refractivity contribution >= 4 is 29.9 Å². The molecule has 0 aromatic carbocycles. The molecular formula is C17H32IN7. The lowest BCUT2D eigenvalue weighted by atomic mass is 10.0. The van der Waals surface area contributed by atoms with Gasteiger partial charge in [-0.3, -0.25) is 0 Å². The van der Waals surface area contributed by atoms with E-state index in [1.165, 1.54) is 25.7 Å². The Labute approximate surface area is 168 Å². The summed E-state index contributed by atoms with van der Waals surface area (Å²) in [6.45, 7) is 9.40. The van der Waals surface area contributed by atoms with Gasteiger partial charge in [-0.05, 0) is 46.5 Å². The van der Waals surface area contributed by atoms with E-state index in [-0.39, 0.29) is 24.0 Å². The maximum atomic E-state index is 4.75. The lowest BCUT2D eigenvalue weighted by molar-refractivity contribution is 0.167. The standard InChI is InChI=1S/C17H31N7.HI/c1-12(2)24-9-7-15(8-10-24)20-17(19-14-5-6-14)18-11-16-22-21-13(3)23(16)4;/h12,14-15H,5-11H2,1-4H3,(H2,18,19,20);1H. The minimum absolute atomic E-state index is 0. The molecule has 0 atom stereocenters. The highest BCUT2D eigenvalue weighted by Crippen LogP contribution is 2.19. The molecule has 0 unspecified atom stereocenters. The summed E-state index contributed by atoms with van der Waals surface area (Å²) < 4.78 is 2.00. The minimum atomic E-state index is 0. The SMILES string of the molecule is Cc1nnc(CN=C(NC2CC2)NC2CCN(C(C)C)CC2)n1C.I. The van der Waals surface area contributed by atoms with E-state index < -0.39 is 0 Å². The summed E-state index contributed by atoms with van der Waals surface area (Å²) >= 11 is 0. The summed E-state index contributed by atoms with van der Waals surface area (Å²) in [5, 5.41) is 15.5. The van der Waals surface area contributed by atoms with Crippen LogP contribution in [0.25, 0.3) is 0 Å². The van der Waals surface area contributed by atoms with Crippen LogP contribution in [-0.2, 0) is 13.6 Å². The van der Waals surface area contributed by atoms with Gasteiger partial charge in [0.15, 0.2) is 11.8 Å². The first kappa shape index (κ1) is 20.4. The van der Waals surface area contributed by atoms with Gasteiger partial charge in [0.2, 0.25) is 0 Å². The Hall–Kier alpha value is -0.900. The van der Waals surface area contributed by atoms with Crippen molar-refractivity contribution in [1.82, 2.24) is 30.3 Å². The first-order valence-corrected chi connectivity index (χ1v) is 9.19. The van der Waals surface area contributed by atoms with Crippen LogP contribution in [-0.4, -0.2) is 56.8 Å². The summed E-state index contributed by atoms with van der Waals surface area (Å²) in [7, 11) is 1.99.